The van der Waals surface area contributed by atoms with E-state index in [1.165, 1.54) is 43.4 Å². The van der Waals surface area contributed by atoms with Gasteiger partial charge in [-0.05, 0) is 47.9 Å². The van der Waals surface area contributed by atoms with Crippen molar-refractivity contribution in [2.24, 2.45) is 0 Å². The number of rotatable bonds is 3. The lowest BCUT2D eigenvalue weighted by atomic mass is 10.0. The first-order valence-electron chi connectivity index (χ1n) is 15.6. The summed E-state index contributed by atoms with van der Waals surface area (Å²) in [5.41, 5.74) is 9.45. The predicted octanol–water partition coefficient (Wildman–Crippen LogP) is 10.6. The standard InChI is InChI=1S/C42H26N4/c1-3-13-27(14-4-1)40-42(44-35-20-10-9-19-34(35)43-40)46-37-22-12-8-18-33(37)39-30-23-24-31-29-17-7-11-21-36(29)45(28-15-5-2-6-16-28)41(31)32(30)25-26-38(39)46/h1-26H. The molecule has 10 aromatic rings. The molecule has 0 saturated heterocycles. The molecule has 0 bridgehead atoms. The average Bonchev–Trinajstić information content (AvgIpc) is 3.65. The molecule has 0 aliphatic rings. The Labute approximate surface area is 264 Å². The third-order valence-corrected chi connectivity index (χ3v) is 9.29. The third kappa shape index (κ3) is 3.49. The molecule has 46 heavy (non-hydrogen) atoms. The summed E-state index contributed by atoms with van der Waals surface area (Å²) < 4.78 is 4.73. The first-order valence-corrected chi connectivity index (χ1v) is 15.6. The molecule has 0 unspecified atom stereocenters. The molecule has 4 nitrogen and oxygen atoms in total. The summed E-state index contributed by atoms with van der Waals surface area (Å²) in [4.78, 5) is 10.5. The zero-order valence-electron chi connectivity index (χ0n) is 24.8. The number of hydrogen-bond acceptors (Lipinski definition) is 2. The van der Waals surface area contributed by atoms with Gasteiger partial charge in [-0.1, -0.05) is 115 Å². The second-order valence-corrected chi connectivity index (χ2v) is 11.8. The van der Waals surface area contributed by atoms with Crippen molar-refractivity contribution < 1.29 is 0 Å². The number of hydrogen-bond donors (Lipinski definition) is 0. The second kappa shape index (κ2) is 9.62. The summed E-state index contributed by atoms with van der Waals surface area (Å²) in [6.45, 7) is 0. The van der Waals surface area contributed by atoms with Crippen LogP contribution in [0.4, 0.5) is 0 Å². The van der Waals surface area contributed by atoms with E-state index in [-0.39, 0.29) is 0 Å². The Balaban J connectivity index is 1.37. The summed E-state index contributed by atoms with van der Waals surface area (Å²) in [6, 6.07) is 55.8. The highest BCUT2D eigenvalue weighted by atomic mass is 15.1. The normalized spacial score (nSPS) is 11.9. The van der Waals surface area contributed by atoms with E-state index in [9.17, 15) is 0 Å². The van der Waals surface area contributed by atoms with Gasteiger partial charge in [-0.25, -0.2) is 9.97 Å². The molecule has 0 atom stereocenters. The number of fused-ring (bicyclic) bond motifs is 10. The molecule has 0 saturated carbocycles. The van der Waals surface area contributed by atoms with Crippen LogP contribution in [0.25, 0.3) is 88.2 Å². The zero-order chi connectivity index (χ0) is 30.2. The maximum absolute atomic E-state index is 5.30. The van der Waals surface area contributed by atoms with Crippen molar-refractivity contribution in [2.45, 2.75) is 0 Å². The van der Waals surface area contributed by atoms with Gasteiger partial charge in [-0.15, -0.1) is 0 Å². The number of aromatic nitrogens is 4. The minimum Gasteiger partial charge on any atom is -0.309 e. The first kappa shape index (κ1) is 25.1. The SMILES string of the molecule is c1ccc(-c2nc3ccccc3nc2-n2c3ccccc3c3c4ccc5c6ccccc6n(-c6ccccc6)c5c4ccc32)cc1. The van der Waals surface area contributed by atoms with Crippen molar-refractivity contribution in [1.82, 2.24) is 19.1 Å². The molecule has 3 heterocycles. The molecule has 0 fully saturated rings. The molecule has 0 aliphatic carbocycles. The minimum atomic E-state index is 0.829. The lowest BCUT2D eigenvalue weighted by Crippen LogP contribution is -2.03. The maximum atomic E-state index is 5.30. The fourth-order valence-corrected chi connectivity index (χ4v) is 7.34. The molecule has 4 heteroatoms. The summed E-state index contributed by atoms with van der Waals surface area (Å²) in [5.74, 6) is 0.829. The molecule has 0 amide bonds. The molecule has 0 N–H and O–H groups in total. The monoisotopic (exact) mass is 586 g/mol. The molecular weight excluding hydrogens is 560 g/mol. The highest BCUT2D eigenvalue weighted by molar-refractivity contribution is 6.28. The molecular formula is C42H26N4. The average molecular weight is 587 g/mol. The summed E-state index contributed by atoms with van der Waals surface area (Å²) in [7, 11) is 0. The van der Waals surface area contributed by atoms with Gasteiger partial charge in [0, 0.05) is 38.2 Å². The van der Waals surface area contributed by atoms with E-state index in [0.717, 1.165) is 44.8 Å². The van der Waals surface area contributed by atoms with Gasteiger partial charge >= 0.3 is 0 Å². The predicted molar refractivity (Wildman–Crippen MR) is 191 cm³/mol. The highest BCUT2D eigenvalue weighted by Crippen LogP contribution is 2.43. The molecule has 0 aliphatic heterocycles. The number of nitrogens with zero attached hydrogens (tertiary/aromatic N) is 4. The van der Waals surface area contributed by atoms with Crippen LogP contribution in [-0.2, 0) is 0 Å². The minimum absolute atomic E-state index is 0.829. The van der Waals surface area contributed by atoms with Crippen LogP contribution >= 0.6 is 0 Å². The lowest BCUT2D eigenvalue weighted by molar-refractivity contribution is 1.08. The smallest absolute Gasteiger partial charge is 0.165 e. The lowest BCUT2D eigenvalue weighted by Gasteiger charge is -2.14. The largest absolute Gasteiger partial charge is 0.309 e. The van der Waals surface area contributed by atoms with Gasteiger partial charge in [0.15, 0.2) is 5.82 Å². The van der Waals surface area contributed by atoms with Crippen LogP contribution in [0.3, 0.4) is 0 Å². The van der Waals surface area contributed by atoms with Crippen LogP contribution in [0.2, 0.25) is 0 Å². The first-order chi connectivity index (χ1) is 22.8. The van der Waals surface area contributed by atoms with Crippen molar-refractivity contribution in [1.29, 1.82) is 0 Å². The van der Waals surface area contributed by atoms with Crippen LogP contribution in [0.5, 0.6) is 0 Å². The quantitative estimate of drug-likeness (QED) is 0.206. The summed E-state index contributed by atoms with van der Waals surface area (Å²) >= 11 is 0. The van der Waals surface area contributed by atoms with E-state index in [1.807, 2.05) is 30.3 Å². The zero-order valence-corrected chi connectivity index (χ0v) is 24.8. The van der Waals surface area contributed by atoms with Gasteiger partial charge in [-0.2, -0.15) is 0 Å². The Morgan fingerprint density at radius 3 is 1.72 bits per heavy atom. The Hall–Kier alpha value is -6.26. The molecule has 0 spiro atoms. The van der Waals surface area contributed by atoms with E-state index >= 15 is 0 Å². The van der Waals surface area contributed by atoms with Gasteiger partial charge in [0.05, 0.1) is 33.1 Å². The van der Waals surface area contributed by atoms with Crippen molar-refractivity contribution in [3.8, 4) is 22.8 Å². The van der Waals surface area contributed by atoms with Crippen LogP contribution in [0.15, 0.2) is 158 Å². The molecule has 0 radical (unpaired) electrons. The Bertz CT molecular complexity index is 2790. The van der Waals surface area contributed by atoms with E-state index in [1.54, 1.807) is 0 Å². The van der Waals surface area contributed by atoms with Crippen molar-refractivity contribution in [3.05, 3.63) is 158 Å². The van der Waals surface area contributed by atoms with Gasteiger partial charge < -0.3 is 4.57 Å². The second-order valence-electron chi connectivity index (χ2n) is 11.8. The van der Waals surface area contributed by atoms with Gasteiger partial charge in [0.1, 0.15) is 5.69 Å². The van der Waals surface area contributed by atoms with Crippen LogP contribution in [0, 0.1) is 0 Å². The van der Waals surface area contributed by atoms with E-state index in [0.29, 0.717) is 0 Å². The molecule has 7 aromatic carbocycles. The van der Waals surface area contributed by atoms with Crippen LogP contribution < -0.4 is 0 Å². The van der Waals surface area contributed by atoms with Gasteiger partial charge in [-0.3, -0.25) is 4.57 Å². The van der Waals surface area contributed by atoms with Crippen LogP contribution in [-0.4, -0.2) is 19.1 Å². The Kier molecular flexibility index (Phi) is 5.25. The Morgan fingerprint density at radius 2 is 0.935 bits per heavy atom. The van der Waals surface area contributed by atoms with E-state index in [4.69, 9.17) is 9.97 Å². The number of para-hydroxylation sites is 5. The van der Waals surface area contributed by atoms with Crippen molar-refractivity contribution in [2.75, 3.05) is 0 Å². The molecule has 3 aromatic heterocycles. The number of benzene rings is 7. The van der Waals surface area contributed by atoms with E-state index in [2.05, 4.69) is 137 Å². The van der Waals surface area contributed by atoms with Crippen molar-refractivity contribution >= 4 is 65.4 Å². The van der Waals surface area contributed by atoms with Crippen LogP contribution in [0.1, 0.15) is 0 Å². The fourth-order valence-electron chi connectivity index (χ4n) is 7.34. The maximum Gasteiger partial charge on any atom is 0.165 e. The van der Waals surface area contributed by atoms with Gasteiger partial charge in [0.2, 0.25) is 0 Å². The molecule has 214 valence electrons. The highest BCUT2D eigenvalue weighted by Gasteiger charge is 2.22. The topological polar surface area (TPSA) is 35.6 Å². The van der Waals surface area contributed by atoms with Crippen molar-refractivity contribution in [3.63, 3.8) is 0 Å². The fraction of sp³-hybridized carbons (Fsp3) is 0. The molecule has 10 rings (SSSR count). The summed E-state index contributed by atoms with van der Waals surface area (Å²) in [6.07, 6.45) is 0. The van der Waals surface area contributed by atoms with E-state index < -0.39 is 0 Å². The third-order valence-electron chi connectivity index (χ3n) is 9.29. The summed E-state index contributed by atoms with van der Waals surface area (Å²) in [5, 5.41) is 7.36. The Morgan fingerprint density at radius 1 is 0.370 bits per heavy atom. The van der Waals surface area contributed by atoms with Gasteiger partial charge in [0.25, 0.3) is 0 Å².